The Morgan fingerprint density at radius 3 is 2.75 bits per heavy atom. The molecule has 0 amide bonds. The Morgan fingerprint density at radius 1 is 1.30 bits per heavy atom. The van der Waals surface area contributed by atoms with Crippen molar-refractivity contribution in [3.8, 4) is 0 Å². The Bertz CT molecular complexity index is 420. The highest BCUT2D eigenvalue weighted by atomic mass is 19.4. The smallest absolute Gasteiger partial charge is 0.376 e. The third-order valence-electron chi connectivity index (χ3n) is 3.09. The summed E-state index contributed by atoms with van der Waals surface area (Å²) in [5.74, 6) is 0.216. The first-order chi connectivity index (χ1) is 9.55. The van der Waals surface area contributed by atoms with E-state index in [1.54, 1.807) is 0 Å². The fourth-order valence-corrected chi connectivity index (χ4v) is 2.06. The maximum absolute atomic E-state index is 12.5. The number of hydrogen-bond acceptors (Lipinski definition) is 4. The van der Waals surface area contributed by atoms with Crippen LogP contribution < -0.4 is 10.6 Å². The average molecular weight is 289 g/mol. The van der Waals surface area contributed by atoms with Gasteiger partial charge in [-0.2, -0.15) is 13.2 Å². The van der Waals surface area contributed by atoms with Gasteiger partial charge in [0.05, 0.1) is 12.7 Å². The van der Waals surface area contributed by atoms with Gasteiger partial charge in [0.15, 0.2) is 0 Å². The molecule has 20 heavy (non-hydrogen) atoms. The lowest BCUT2D eigenvalue weighted by atomic mass is 10.1. The van der Waals surface area contributed by atoms with Crippen LogP contribution in [-0.4, -0.2) is 37.3 Å². The Labute approximate surface area is 115 Å². The number of pyridine rings is 1. The fraction of sp³-hybridized carbons (Fsp3) is 0.615. The molecule has 0 saturated carbocycles. The average Bonchev–Trinajstić information content (AvgIpc) is 2.44. The van der Waals surface area contributed by atoms with Crippen molar-refractivity contribution in [2.75, 3.05) is 31.6 Å². The van der Waals surface area contributed by atoms with Crippen molar-refractivity contribution in [2.24, 2.45) is 0 Å². The van der Waals surface area contributed by atoms with Crippen LogP contribution in [0.3, 0.4) is 0 Å². The van der Waals surface area contributed by atoms with Gasteiger partial charge in [-0.25, -0.2) is 4.98 Å². The molecule has 1 saturated heterocycles. The summed E-state index contributed by atoms with van der Waals surface area (Å²) in [7, 11) is 0. The molecule has 2 rings (SSSR count). The van der Waals surface area contributed by atoms with Gasteiger partial charge in [0.1, 0.15) is 11.5 Å². The Kier molecular flexibility index (Phi) is 5.19. The first kappa shape index (κ1) is 15.1. The minimum Gasteiger partial charge on any atom is -0.376 e. The number of hydrogen-bond donors (Lipinski definition) is 2. The third kappa shape index (κ3) is 4.64. The minimum absolute atomic E-state index is 0.216. The van der Waals surface area contributed by atoms with Crippen LogP contribution >= 0.6 is 0 Å². The van der Waals surface area contributed by atoms with Crippen LogP contribution in [0.2, 0.25) is 0 Å². The molecule has 1 fully saturated rings. The zero-order valence-electron chi connectivity index (χ0n) is 11.0. The fourth-order valence-electron chi connectivity index (χ4n) is 2.06. The monoisotopic (exact) mass is 289 g/mol. The molecule has 2 N–H and O–H groups in total. The van der Waals surface area contributed by atoms with Gasteiger partial charge in [-0.1, -0.05) is 6.07 Å². The largest absolute Gasteiger partial charge is 0.433 e. The molecule has 4 nitrogen and oxygen atoms in total. The van der Waals surface area contributed by atoms with Crippen molar-refractivity contribution in [2.45, 2.75) is 25.1 Å². The highest BCUT2D eigenvalue weighted by molar-refractivity contribution is 5.35. The molecular formula is C13H18F3N3O. The Balaban J connectivity index is 1.73. The molecule has 1 aliphatic heterocycles. The molecule has 0 unspecified atom stereocenters. The first-order valence-electron chi connectivity index (χ1n) is 6.66. The molecule has 2 heterocycles. The minimum atomic E-state index is -4.41. The number of rotatable bonds is 5. The molecule has 1 aromatic rings. The van der Waals surface area contributed by atoms with Crippen molar-refractivity contribution >= 4 is 5.82 Å². The van der Waals surface area contributed by atoms with Crippen LogP contribution in [0.15, 0.2) is 18.2 Å². The van der Waals surface area contributed by atoms with E-state index in [4.69, 9.17) is 4.74 Å². The quantitative estimate of drug-likeness (QED) is 0.816. The molecule has 0 aliphatic carbocycles. The van der Waals surface area contributed by atoms with Gasteiger partial charge in [-0.3, -0.25) is 0 Å². The lowest BCUT2D eigenvalue weighted by Gasteiger charge is -2.23. The van der Waals surface area contributed by atoms with E-state index >= 15 is 0 Å². The molecule has 7 heteroatoms. The second-order valence-electron chi connectivity index (χ2n) is 4.65. The molecule has 0 bridgehead atoms. The highest BCUT2D eigenvalue weighted by Crippen LogP contribution is 2.28. The second-order valence-corrected chi connectivity index (χ2v) is 4.65. The predicted molar refractivity (Wildman–Crippen MR) is 69.6 cm³/mol. The molecule has 1 aliphatic rings. The van der Waals surface area contributed by atoms with Crippen molar-refractivity contribution in [3.63, 3.8) is 0 Å². The number of nitrogens with zero attached hydrogens (tertiary/aromatic N) is 1. The summed E-state index contributed by atoms with van der Waals surface area (Å²) in [4.78, 5) is 3.53. The molecule has 0 atom stereocenters. The van der Waals surface area contributed by atoms with Gasteiger partial charge < -0.3 is 15.4 Å². The Hall–Kier alpha value is -1.34. The van der Waals surface area contributed by atoms with E-state index < -0.39 is 11.9 Å². The maximum atomic E-state index is 12.5. The standard InChI is InChI=1S/C13H18F3N3O/c14-13(15,16)11-2-1-3-12(19-11)18-8-9-20-10-4-6-17-7-5-10/h1-3,10,17H,4-9H2,(H,18,19). The van der Waals surface area contributed by atoms with E-state index in [0.29, 0.717) is 13.2 Å². The lowest BCUT2D eigenvalue weighted by Crippen LogP contribution is -2.33. The van der Waals surface area contributed by atoms with Crippen molar-refractivity contribution in [3.05, 3.63) is 23.9 Å². The van der Waals surface area contributed by atoms with Crippen LogP contribution in [0.1, 0.15) is 18.5 Å². The van der Waals surface area contributed by atoms with Gasteiger partial charge >= 0.3 is 6.18 Å². The number of alkyl halides is 3. The highest BCUT2D eigenvalue weighted by Gasteiger charge is 2.32. The van der Waals surface area contributed by atoms with Crippen LogP contribution in [-0.2, 0) is 10.9 Å². The lowest BCUT2D eigenvalue weighted by molar-refractivity contribution is -0.141. The number of piperidine rings is 1. The molecule has 1 aromatic heterocycles. The van der Waals surface area contributed by atoms with Crippen LogP contribution in [0, 0.1) is 0 Å². The summed E-state index contributed by atoms with van der Waals surface area (Å²) in [5.41, 5.74) is -0.887. The predicted octanol–water partition coefficient (Wildman–Crippen LogP) is 2.28. The zero-order valence-corrected chi connectivity index (χ0v) is 11.0. The van der Waals surface area contributed by atoms with Gasteiger partial charge in [0.2, 0.25) is 0 Å². The summed E-state index contributed by atoms with van der Waals surface area (Å²) >= 11 is 0. The normalized spacial score (nSPS) is 17.1. The summed E-state index contributed by atoms with van der Waals surface area (Å²) in [5, 5.41) is 6.08. The summed E-state index contributed by atoms with van der Waals surface area (Å²) in [6.07, 6.45) is -2.22. The maximum Gasteiger partial charge on any atom is 0.433 e. The molecule has 0 spiro atoms. The summed E-state index contributed by atoms with van der Waals surface area (Å²) < 4.78 is 43.1. The van der Waals surface area contributed by atoms with E-state index in [2.05, 4.69) is 15.6 Å². The van der Waals surface area contributed by atoms with Crippen LogP contribution in [0.4, 0.5) is 19.0 Å². The van der Waals surface area contributed by atoms with Crippen molar-refractivity contribution in [1.29, 1.82) is 0 Å². The summed E-state index contributed by atoms with van der Waals surface area (Å²) in [6.45, 7) is 2.81. The summed E-state index contributed by atoms with van der Waals surface area (Å²) in [6, 6.07) is 3.81. The van der Waals surface area contributed by atoms with Crippen molar-refractivity contribution < 1.29 is 17.9 Å². The van der Waals surface area contributed by atoms with Gasteiger partial charge in [-0.05, 0) is 38.1 Å². The first-order valence-corrected chi connectivity index (χ1v) is 6.66. The molecular weight excluding hydrogens is 271 g/mol. The number of aromatic nitrogens is 1. The Morgan fingerprint density at radius 2 is 2.05 bits per heavy atom. The number of nitrogens with one attached hydrogen (secondary N) is 2. The SMILES string of the molecule is FC(F)(F)c1cccc(NCCOC2CCNCC2)n1. The van der Waals surface area contributed by atoms with Gasteiger partial charge in [0.25, 0.3) is 0 Å². The third-order valence-corrected chi connectivity index (χ3v) is 3.09. The number of halogens is 3. The topological polar surface area (TPSA) is 46.2 Å². The van der Waals surface area contributed by atoms with Gasteiger partial charge in [0, 0.05) is 6.54 Å². The van der Waals surface area contributed by atoms with Crippen molar-refractivity contribution in [1.82, 2.24) is 10.3 Å². The van der Waals surface area contributed by atoms with Crippen LogP contribution in [0.5, 0.6) is 0 Å². The van der Waals surface area contributed by atoms with E-state index in [-0.39, 0.29) is 11.9 Å². The van der Waals surface area contributed by atoms with Gasteiger partial charge in [-0.15, -0.1) is 0 Å². The molecule has 0 aromatic carbocycles. The zero-order chi connectivity index (χ0) is 14.4. The van der Waals surface area contributed by atoms with Crippen LogP contribution in [0.25, 0.3) is 0 Å². The van der Waals surface area contributed by atoms with E-state index in [9.17, 15) is 13.2 Å². The van der Waals surface area contributed by atoms with E-state index in [1.165, 1.54) is 12.1 Å². The number of ether oxygens (including phenoxy) is 1. The molecule has 112 valence electrons. The van der Waals surface area contributed by atoms with E-state index in [1.807, 2.05) is 0 Å². The van der Waals surface area contributed by atoms with E-state index in [0.717, 1.165) is 32.0 Å². The molecule has 0 radical (unpaired) electrons. The number of anilines is 1. The second kappa shape index (κ2) is 6.90.